The molecule has 2 amide bonds. The van der Waals surface area contributed by atoms with Crippen LogP contribution in [0.15, 0.2) is 30.9 Å². The zero-order chi connectivity index (χ0) is 18.7. The number of nitrogens with one attached hydrogen (secondary N) is 2. The van der Waals surface area contributed by atoms with Gasteiger partial charge in [-0.1, -0.05) is 19.1 Å². The lowest BCUT2D eigenvalue weighted by molar-refractivity contribution is -0.137. The summed E-state index contributed by atoms with van der Waals surface area (Å²) in [5.41, 5.74) is 4.77. The largest absolute Gasteiger partial charge is 0.358 e. The summed E-state index contributed by atoms with van der Waals surface area (Å²) >= 11 is 0. The summed E-state index contributed by atoms with van der Waals surface area (Å²) in [6, 6.07) is 6.27. The van der Waals surface area contributed by atoms with Gasteiger partial charge in [-0.3, -0.25) is 9.59 Å². The monoisotopic (exact) mass is 353 g/mol. The summed E-state index contributed by atoms with van der Waals surface area (Å²) in [5.74, 6) is -0.0159. The van der Waals surface area contributed by atoms with Crippen LogP contribution < -0.4 is 5.32 Å². The van der Waals surface area contributed by atoms with Gasteiger partial charge in [-0.2, -0.15) is 0 Å². The Morgan fingerprint density at radius 2 is 2.27 bits per heavy atom. The molecule has 2 aromatic rings. The van der Waals surface area contributed by atoms with Crippen LogP contribution in [-0.4, -0.2) is 34.8 Å². The minimum absolute atomic E-state index is 0.0201. The van der Waals surface area contributed by atoms with Gasteiger partial charge in [0.15, 0.2) is 0 Å². The summed E-state index contributed by atoms with van der Waals surface area (Å²) in [6.07, 6.45) is 3.74. The number of likely N-dealkylation sites (tertiary alicyclic amines) is 1. The Hall–Kier alpha value is -2.56. The zero-order valence-electron chi connectivity index (χ0n) is 15.6. The maximum atomic E-state index is 12.5. The number of fused-ring (bicyclic) bond motifs is 1. The predicted molar refractivity (Wildman–Crippen MR) is 104 cm³/mol. The standard InChI is InChI=1S/C21H27N3O2/c1-4-10-24-13-16(7-9-20(24)25)21(26)22-12-15-6-8-19-17(11-15)14(3)18(5-2)23-19/h4,6,8,11,16,23H,1,5,7,9-10,12-13H2,2-3H3,(H,22,26)/t16-/m1/s1. The molecule has 0 radical (unpaired) electrons. The molecule has 0 saturated carbocycles. The van der Waals surface area contributed by atoms with Crippen LogP contribution in [0.25, 0.3) is 10.9 Å². The molecule has 5 nitrogen and oxygen atoms in total. The smallest absolute Gasteiger partial charge is 0.225 e. The van der Waals surface area contributed by atoms with Crippen molar-refractivity contribution in [2.45, 2.75) is 39.7 Å². The number of hydrogen-bond donors (Lipinski definition) is 2. The first-order valence-corrected chi connectivity index (χ1v) is 9.30. The van der Waals surface area contributed by atoms with Crippen molar-refractivity contribution in [1.82, 2.24) is 15.2 Å². The number of benzene rings is 1. The van der Waals surface area contributed by atoms with Gasteiger partial charge >= 0.3 is 0 Å². The third kappa shape index (κ3) is 3.66. The molecular formula is C21H27N3O2. The second-order valence-electron chi connectivity index (χ2n) is 7.00. The van der Waals surface area contributed by atoms with E-state index in [4.69, 9.17) is 0 Å². The number of H-pyrrole nitrogens is 1. The van der Waals surface area contributed by atoms with Gasteiger partial charge in [-0.05, 0) is 43.0 Å². The summed E-state index contributed by atoms with van der Waals surface area (Å²) in [5, 5.41) is 4.25. The van der Waals surface area contributed by atoms with Crippen LogP contribution in [0.5, 0.6) is 0 Å². The lowest BCUT2D eigenvalue weighted by Gasteiger charge is -2.31. The van der Waals surface area contributed by atoms with Crippen molar-refractivity contribution in [2.24, 2.45) is 5.92 Å². The maximum Gasteiger partial charge on any atom is 0.225 e. The molecule has 2 heterocycles. The van der Waals surface area contributed by atoms with E-state index in [0.717, 1.165) is 17.5 Å². The second kappa shape index (κ2) is 7.77. The summed E-state index contributed by atoms with van der Waals surface area (Å²) < 4.78 is 0. The topological polar surface area (TPSA) is 65.2 Å². The molecule has 1 aliphatic rings. The van der Waals surface area contributed by atoms with Gasteiger partial charge < -0.3 is 15.2 Å². The molecule has 0 unspecified atom stereocenters. The Morgan fingerprint density at radius 3 is 3.00 bits per heavy atom. The first-order chi connectivity index (χ1) is 12.5. The Kier molecular flexibility index (Phi) is 5.45. The molecule has 2 N–H and O–H groups in total. The van der Waals surface area contributed by atoms with Crippen LogP contribution in [0.3, 0.4) is 0 Å². The minimum atomic E-state index is -0.142. The summed E-state index contributed by atoms with van der Waals surface area (Å²) in [7, 11) is 0. The highest BCUT2D eigenvalue weighted by atomic mass is 16.2. The SMILES string of the molecule is C=CCN1C[C@H](C(=O)NCc2ccc3[nH]c(CC)c(C)c3c2)CCC1=O. The van der Waals surface area contributed by atoms with Crippen molar-refractivity contribution in [2.75, 3.05) is 13.1 Å². The lowest BCUT2D eigenvalue weighted by Crippen LogP contribution is -2.45. The summed E-state index contributed by atoms with van der Waals surface area (Å²) in [4.78, 5) is 29.5. The molecule has 138 valence electrons. The number of aromatic nitrogens is 1. The van der Waals surface area contributed by atoms with Crippen LogP contribution in [-0.2, 0) is 22.6 Å². The normalized spacial score (nSPS) is 17.5. The van der Waals surface area contributed by atoms with Crippen molar-refractivity contribution in [1.29, 1.82) is 0 Å². The fraction of sp³-hybridized carbons (Fsp3) is 0.429. The fourth-order valence-electron chi connectivity index (χ4n) is 3.69. The molecular weight excluding hydrogens is 326 g/mol. The minimum Gasteiger partial charge on any atom is -0.358 e. The number of aryl methyl sites for hydroxylation is 2. The molecule has 1 aromatic carbocycles. The third-order valence-corrected chi connectivity index (χ3v) is 5.27. The van der Waals surface area contributed by atoms with Gasteiger partial charge in [-0.25, -0.2) is 0 Å². The second-order valence-corrected chi connectivity index (χ2v) is 7.00. The van der Waals surface area contributed by atoms with Crippen molar-refractivity contribution < 1.29 is 9.59 Å². The van der Waals surface area contributed by atoms with Crippen molar-refractivity contribution in [3.05, 3.63) is 47.7 Å². The molecule has 1 aliphatic heterocycles. The van der Waals surface area contributed by atoms with Crippen LogP contribution in [0.1, 0.15) is 36.6 Å². The number of amides is 2. The molecule has 1 atom stereocenters. The molecule has 1 saturated heterocycles. The molecule has 0 bridgehead atoms. The van der Waals surface area contributed by atoms with Crippen LogP contribution >= 0.6 is 0 Å². The van der Waals surface area contributed by atoms with E-state index in [1.165, 1.54) is 16.6 Å². The summed E-state index contributed by atoms with van der Waals surface area (Å²) in [6.45, 7) is 9.44. The van der Waals surface area contributed by atoms with Crippen molar-refractivity contribution in [3.8, 4) is 0 Å². The van der Waals surface area contributed by atoms with Crippen LogP contribution in [0.2, 0.25) is 0 Å². The number of rotatable bonds is 6. The highest BCUT2D eigenvalue weighted by Crippen LogP contribution is 2.23. The average Bonchev–Trinajstić information content (AvgIpc) is 2.97. The van der Waals surface area contributed by atoms with E-state index in [1.54, 1.807) is 11.0 Å². The van der Waals surface area contributed by atoms with Crippen molar-refractivity contribution in [3.63, 3.8) is 0 Å². The Morgan fingerprint density at radius 1 is 1.46 bits per heavy atom. The van der Waals surface area contributed by atoms with Crippen molar-refractivity contribution >= 4 is 22.7 Å². The molecule has 0 spiro atoms. The molecule has 1 aromatic heterocycles. The van der Waals surface area contributed by atoms with E-state index in [9.17, 15) is 9.59 Å². The van der Waals surface area contributed by atoms with E-state index in [2.05, 4.69) is 42.9 Å². The van der Waals surface area contributed by atoms with Gasteiger partial charge in [0.2, 0.25) is 11.8 Å². The van der Waals surface area contributed by atoms with E-state index in [-0.39, 0.29) is 17.7 Å². The van der Waals surface area contributed by atoms with E-state index >= 15 is 0 Å². The number of carbonyl (C=O) groups is 2. The Balaban J connectivity index is 1.64. The number of piperidine rings is 1. The number of aromatic amines is 1. The maximum absolute atomic E-state index is 12.5. The lowest BCUT2D eigenvalue weighted by atomic mass is 9.96. The first kappa shape index (κ1) is 18.2. The Labute approximate surface area is 154 Å². The number of carbonyl (C=O) groups excluding carboxylic acids is 2. The van der Waals surface area contributed by atoms with Gasteiger partial charge in [0.25, 0.3) is 0 Å². The van der Waals surface area contributed by atoms with Gasteiger partial charge in [0.05, 0.1) is 5.92 Å². The number of nitrogens with zero attached hydrogens (tertiary/aromatic N) is 1. The fourth-order valence-corrected chi connectivity index (χ4v) is 3.69. The van der Waals surface area contributed by atoms with Crippen LogP contribution in [0.4, 0.5) is 0 Å². The quantitative estimate of drug-likeness (QED) is 0.784. The third-order valence-electron chi connectivity index (χ3n) is 5.27. The van der Waals surface area contributed by atoms with E-state index in [0.29, 0.717) is 32.5 Å². The van der Waals surface area contributed by atoms with Gasteiger partial charge in [-0.15, -0.1) is 6.58 Å². The molecule has 1 fully saturated rings. The van der Waals surface area contributed by atoms with Gasteiger partial charge in [0.1, 0.15) is 0 Å². The molecule has 26 heavy (non-hydrogen) atoms. The average molecular weight is 353 g/mol. The van der Waals surface area contributed by atoms with Gasteiger partial charge in [0, 0.05) is 42.7 Å². The Bertz CT molecular complexity index is 837. The highest BCUT2D eigenvalue weighted by molar-refractivity contribution is 5.86. The molecule has 5 heteroatoms. The zero-order valence-corrected chi connectivity index (χ0v) is 15.6. The van der Waals surface area contributed by atoms with E-state index in [1.807, 2.05) is 6.07 Å². The predicted octanol–water partition coefficient (Wildman–Crippen LogP) is 3.08. The van der Waals surface area contributed by atoms with E-state index < -0.39 is 0 Å². The highest BCUT2D eigenvalue weighted by Gasteiger charge is 2.29. The molecule has 0 aliphatic carbocycles. The number of hydrogen-bond acceptors (Lipinski definition) is 2. The van der Waals surface area contributed by atoms with Crippen LogP contribution in [0, 0.1) is 12.8 Å². The first-order valence-electron chi connectivity index (χ1n) is 9.30. The molecule has 3 rings (SSSR count).